The SMILES string of the molecule is COc1cc(C(=O)NCCOC2CCNCC2)ccc1F. The third-order valence-electron chi connectivity index (χ3n) is 3.44. The molecule has 1 aromatic rings. The first-order valence-corrected chi connectivity index (χ1v) is 7.15. The van der Waals surface area contributed by atoms with Gasteiger partial charge in [-0.3, -0.25) is 4.79 Å². The number of hydrogen-bond donors (Lipinski definition) is 2. The predicted molar refractivity (Wildman–Crippen MR) is 77.1 cm³/mol. The van der Waals surface area contributed by atoms with Gasteiger partial charge in [0, 0.05) is 12.1 Å². The Morgan fingerprint density at radius 3 is 2.90 bits per heavy atom. The van der Waals surface area contributed by atoms with Crippen LogP contribution < -0.4 is 15.4 Å². The molecule has 0 aromatic heterocycles. The first-order chi connectivity index (χ1) is 10.2. The van der Waals surface area contributed by atoms with E-state index in [1.165, 1.54) is 25.3 Å². The van der Waals surface area contributed by atoms with Gasteiger partial charge in [0.2, 0.25) is 0 Å². The minimum Gasteiger partial charge on any atom is -0.494 e. The number of benzene rings is 1. The zero-order valence-electron chi connectivity index (χ0n) is 12.2. The zero-order valence-corrected chi connectivity index (χ0v) is 12.2. The lowest BCUT2D eigenvalue weighted by atomic mass is 10.1. The van der Waals surface area contributed by atoms with E-state index in [9.17, 15) is 9.18 Å². The number of carbonyl (C=O) groups is 1. The van der Waals surface area contributed by atoms with E-state index in [1.54, 1.807) is 0 Å². The summed E-state index contributed by atoms with van der Waals surface area (Å²) in [5.74, 6) is -0.681. The lowest BCUT2D eigenvalue weighted by Gasteiger charge is -2.22. The second-order valence-corrected chi connectivity index (χ2v) is 4.93. The van der Waals surface area contributed by atoms with Gasteiger partial charge in [-0.2, -0.15) is 0 Å². The molecule has 5 nitrogen and oxygen atoms in total. The molecule has 0 bridgehead atoms. The van der Waals surface area contributed by atoms with Gasteiger partial charge in [-0.25, -0.2) is 4.39 Å². The van der Waals surface area contributed by atoms with Gasteiger partial charge in [-0.05, 0) is 44.1 Å². The molecule has 0 aliphatic carbocycles. The van der Waals surface area contributed by atoms with Crippen molar-refractivity contribution >= 4 is 5.91 Å². The smallest absolute Gasteiger partial charge is 0.251 e. The Kier molecular flexibility index (Phi) is 5.95. The van der Waals surface area contributed by atoms with Crippen molar-refractivity contribution in [3.05, 3.63) is 29.6 Å². The van der Waals surface area contributed by atoms with Crippen LogP contribution >= 0.6 is 0 Å². The lowest BCUT2D eigenvalue weighted by Crippen LogP contribution is -2.34. The molecule has 1 aliphatic rings. The van der Waals surface area contributed by atoms with Gasteiger partial charge in [0.25, 0.3) is 5.91 Å². The number of rotatable bonds is 6. The van der Waals surface area contributed by atoms with Crippen LogP contribution in [0.1, 0.15) is 23.2 Å². The molecular formula is C15H21FN2O3. The largest absolute Gasteiger partial charge is 0.494 e. The number of halogens is 1. The van der Waals surface area contributed by atoms with Crippen LogP contribution in [0.5, 0.6) is 5.75 Å². The Morgan fingerprint density at radius 2 is 2.19 bits per heavy atom. The van der Waals surface area contributed by atoms with Crippen molar-refractivity contribution < 1.29 is 18.7 Å². The Bertz CT molecular complexity index is 476. The van der Waals surface area contributed by atoms with Crippen LogP contribution in [0.3, 0.4) is 0 Å². The van der Waals surface area contributed by atoms with Gasteiger partial charge < -0.3 is 20.1 Å². The second kappa shape index (κ2) is 7.95. The van der Waals surface area contributed by atoms with E-state index in [-0.39, 0.29) is 17.8 Å². The van der Waals surface area contributed by atoms with Gasteiger partial charge in [-0.1, -0.05) is 0 Å². The number of carbonyl (C=O) groups excluding carboxylic acids is 1. The highest BCUT2D eigenvalue weighted by Gasteiger charge is 2.13. The Hall–Kier alpha value is -1.66. The molecule has 1 amide bonds. The summed E-state index contributed by atoms with van der Waals surface area (Å²) in [5, 5.41) is 6.02. The molecule has 116 valence electrons. The standard InChI is InChI=1S/C15H21FN2O3/c1-20-14-10-11(2-3-13(14)16)15(19)18-8-9-21-12-4-6-17-7-5-12/h2-3,10,12,17H,4-9H2,1H3,(H,18,19). The molecule has 2 N–H and O–H groups in total. The molecule has 0 unspecified atom stereocenters. The van der Waals surface area contributed by atoms with Gasteiger partial charge in [-0.15, -0.1) is 0 Å². The van der Waals surface area contributed by atoms with Gasteiger partial charge >= 0.3 is 0 Å². The Balaban J connectivity index is 1.74. The van der Waals surface area contributed by atoms with Crippen molar-refractivity contribution in [3.63, 3.8) is 0 Å². The number of hydrogen-bond acceptors (Lipinski definition) is 4. The zero-order chi connectivity index (χ0) is 15.1. The van der Waals surface area contributed by atoms with E-state index < -0.39 is 5.82 Å². The molecule has 1 aromatic carbocycles. The summed E-state index contributed by atoms with van der Waals surface area (Å²) in [6, 6.07) is 4.04. The fourth-order valence-electron chi connectivity index (χ4n) is 2.26. The van der Waals surface area contributed by atoms with Crippen LogP contribution in [0, 0.1) is 5.82 Å². The maximum atomic E-state index is 13.3. The summed E-state index contributed by atoms with van der Waals surface area (Å²) in [4.78, 5) is 11.9. The van der Waals surface area contributed by atoms with Crippen LogP contribution in [0.25, 0.3) is 0 Å². The van der Waals surface area contributed by atoms with Crippen molar-refractivity contribution in [1.82, 2.24) is 10.6 Å². The first-order valence-electron chi connectivity index (χ1n) is 7.15. The third-order valence-corrected chi connectivity index (χ3v) is 3.44. The summed E-state index contributed by atoms with van der Waals surface area (Å²) in [6.45, 7) is 2.87. The molecule has 1 saturated heterocycles. The van der Waals surface area contributed by atoms with Crippen molar-refractivity contribution in [2.75, 3.05) is 33.4 Å². The quantitative estimate of drug-likeness (QED) is 0.778. The molecular weight excluding hydrogens is 275 g/mol. The van der Waals surface area contributed by atoms with Crippen molar-refractivity contribution in [3.8, 4) is 5.75 Å². The van der Waals surface area contributed by atoms with E-state index in [4.69, 9.17) is 9.47 Å². The average molecular weight is 296 g/mol. The van der Waals surface area contributed by atoms with Crippen molar-refractivity contribution in [2.45, 2.75) is 18.9 Å². The predicted octanol–water partition coefficient (Wildman–Crippen LogP) is 1.33. The van der Waals surface area contributed by atoms with E-state index in [1.807, 2.05) is 0 Å². The number of amides is 1. The summed E-state index contributed by atoms with van der Waals surface area (Å²) >= 11 is 0. The first kappa shape index (κ1) is 15.7. The minimum atomic E-state index is -0.483. The molecule has 21 heavy (non-hydrogen) atoms. The van der Waals surface area contributed by atoms with Crippen LogP contribution in [0.2, 0.25) is 0 Å². The summed E-state index contributed by atoms with van der Waals surface area (Å²) in [6.07, 6.45) is 2.28. The molecule has 1 heterocycles. The molecule has 1 aliphatic heterocycles. The van der Waals surface area contributed by atoms with E-state index in [0.29, 0.717) is 18.7 Å². The van der Waals surface area contributed by atoms with Crippen LogP contribution in [0.15, 0.2) is 18.2 Å². The molecule has 6 heteroatoms. The van der Waals surface area contributed by atoms with Gasteiger partial charge in [0.05, 0.1) is 19.8 Å². The molecule has 0 saturated carbocycles. The van der Waals surface area contributed by atoms with E-state index >= 15 is 0 Å². The number of ether oxygens (including phenoxy) is 2. The minimum absolute atomic E-state index is 0.0635. The van der Waals surface area contributed by atoms with Crippen LogP contribution in [-0.2, 0) is 4.74 Å². The van der Waals surface area contributed by atoms with Crippen LogP contribution in [-0.4, -0.2) is 45.4 Å². The van der Waals surface area contributed by atoms with E-state index in [0.717, 1.165) is 25.9 Å². The molecule has 2 rings (SSSR count). The molecule has 0 atom stereocenters. The maximum absolute atomic E-state index is 13.3. The normalized spacial score (nSPS) is 15.7. The Labute approximate surface area is 123 Å². The summed E-state index contributed by atoms with van der Waals surface area (Å²) in [5.41, 5.74) is 0.370. The lowest BCUT2D eigenvalue weighted by molar-refractivity contribution is 0.0343. The average Bonchev–Trinajstić information content (AvgIpc) is 2.53. The highest BCUT2D eigenvalue weighted by molar-refractivity contribution is 5.94. The monoisotopic (exact) mass is 296 g/mol. The highest BCUT2D eigenvalue weighted by Crippen LogP contribution is 2.18. The number of nitrogens with one attached hydrogen (secondary N) is 2. The third kappa shape index (κ3) is 4.68. The van der Waals surface area contributed by atoms with Gasteiger partial charge in [0.1, 0.15) is 0 Å². The second-order valence-electron chi connectivity index (χ2n) is 4.93. The fraction of sp³-hybridized carbons (Fsp3) is 0.533. The topological polar surface area (TPSA) is 59.6 Å². The van der Waals surface area contributed by atoms with Gasteiger partial charge in [0.15, 0.2) is 11.6 Å². The van der Waals surface area contributed by atoms with Crippen LogP contribution in [0.4, 0.5) is 4.39 Å². The summed E-state index contributed by atoms with van der Waals surface area (Å²) < 4.78 is 23.8. The summed E-state index contributed by atoms with van der Waals surface area (Å²) in [7, 11) is 1.37. The van der Waals surface area contributed by atoms with E-state index in [2.05, 4.69) is 10.6 Å². The molecule has 1 fully saturated rings. The fourth-order valence-corrected chi connectivity index (χ4v) is 2.26. The van der Waals surface area contributed by atoms with Crippen molar-refractivity contribution in [1.29, 1.82) is 0 Å². The van der Waals surface area contributed by atoms with Crippen molar-refractivity contribution in [2.24, 2.45) is 0 Å². The number of piperidine rings is 1. The Morgan fingerprint density at radius 1 is 1.43 bits per heavy atom. The maximum Gasteiger partial charge on any atom is 0.251 e. The highest BCUT2D eigenvalue weighted by atomic mass is 19.1. The number of methoxy groups -OCH3 is 1. The molecule has 0 spiro atoms. The molecule has 0 radical (unpaired) electrons.